The van der Waals surface area contributed by atoms with Gasteiger partial charge in [-0.15, -0.1) is 0 Å². The monoisotopic (exact) mass is 479 g/mol. The SMILES string of the molecule is CN1C[C@]2(c3ccccc3)[C@@H](C#Cc3ccccc3)[C@]2(c2ccccc2)C12C(=O)c1ccccc1C2=O. The van der Waals surface area contributed by atoms with Crippen LogP contribution in [0, 0.1) is 17.8 Å². The molecule has 4 aromatic carbocycles. The smallest absolute Gasteiger partial charge is 0.192 e. The van der Waals surface area contributed by atoms with Crippen LogP contribution in [0.5, 0.6) is 0 Å². The Hall–Kier alpha value is -4.26. The summed E-state index contributed by atoms with van der Waals surface area (Å²) >= 11 is 0. The van der Waals surface area contributed by atoms with Crippen molar-refractivity contribution in [1.82, 2.24) is 4.90 Å². The predicted octanol–water partition coefficient (Wildman–Crippen LogP) is 5.31. The van der Waals surface area contributed by atoms with Crippen LogP contribution in [0.4, 0.5) is 0 Å². The third-order valence-electron chi connectivity index (χ3n) is 8.90. The van der Waals surface area contributed by atoms with Crippen LogP contribution in [-0.4, -0.2) is 35.6 Å². The Morgan fingerprint density at radius 2 is 1.16 bits per heavy atom. The first kappa shape index (κ1) is 22.0. The number of hydrogen-bond acceptors (Lipinski definition) is 3. The molecular formula is C34H25NO2. The molecule has 0 radical (unpaired) electrons. The fourth-order valence-corrected chi connectivity index (χ4v) is 7.62. The normalized spacial score (nSPS) is 26.9. The van der Waals surface area contributed by atoms with E-state index in [2.05, 4.69) is 36.1 Å². The lowest BCUT2D eigenvalue weighted by Crippen LogP contribution is -2.60. The molecule has 0 aromatic heterocycles. The van der Waals surface area contributed by atoms with Gasteiger partial charge >= 0.3 is 0 Å². The number of piperidine rings is 1. The third-order valence-corrected chi connectivity index (χ3v) is 8.90. The molecule has 0 bridgehead atoms. The molecule has 3 nitrogen and oxygen atoms in total. The van der Waals surface area contributed by atoms with Gasteiger partial charge in [0.05, 0.1) is 5.41 Å². The highest BCUT2D eigenvalue weighted by Crippen LogP contribution is 2.80. The summed E-state index contributed by atoms with van der Waals surface area (Å²) in [5, 5.41) is 0. The van der Waals surface area contributed by atoms with E-state index >= 15 is 0 Å². The van der Waals surface area contributed by atoms with Gasteiger partial charge in [-0.25, -0.2) is 0 Å². The van der Waals surface area contributed by atoms with Crippen molar-refractivity contribution in [3.8, 4) is 11.8 Å². The number of nitrogens with zero attached hydrogens (tertiary/aromatic N) is 1. The summed E-state index contributed by atoms with van der Waals surface area (Å²) in [6, 6.07) is 37.7. The zero-order valence-corrected chi connectivity index (χ0v) is 20.5. The molecule has 3 heteroatoms. The number of likely N-dealkylation sites (tertiary alicyclic amines) is 1. The molecule has 178 valence electrons. The molecule has 0 unspecified atom stereocenters. The van der Waals surface area contributed by atoms with Crippen LogP contribution in [0.15, 0.2) is 115 Å². The largest absolute Gasteiger partial charge is 0.291 e. The number of hydrogen-bond donors (Lipinski definition) is 0. The van der Waals surface area contributed by atoms with Crippen molar-refractivity contribution in [3.63, 3.8) is 0 Å². The van der Waals surface area contributed by atoms with E-state index in [0.29, 0.717) is 17.7 Å². The number of rotatable bonds is 2. The Kier molecular flexibility index (Phi) is 4.53. The van der Waals surface area contributed by atoms with Crippen molar-refractivity contribution in [1.29, 1.82) is 0 Å². The number of benzene rings is 4. The molecule has 1 saturated carbocycles. The Balaban J connectivity index is 1.56. The van der Waals surface area contributed by atoms with Crippen molar-refractivity contribution < 1.29 is 9.59 Å². The average Bonchev–Trinajstić information content (AvgIpc) is 3.35. The molecule has 3 atom stereocenters. The fraction of sp³-hybridized carbons (Fsp3) is 0.176. The summed E-state index contributed by atoms with van der Waals surface area (Å²) in [4.78, 5) is 31.1. The van der Waals surface area contributed by atoms with Crippen molar-refractivity contribution >= 4 is 11.6 Å². The lowest BCUT2D eigenvalue weighted by Gasteiger charge is -2.39. The van der Waals surface area contributed by atoms with Crippen molar-refractivity contribution in [2.45, 2.75) is 16.4 Å². The molecule has 4 aromatic rings. The maximum atomic E-state index is 14.5. The van der Waals surface area contributed by atoms with Crippen LogP contribution < -0.4 is 0 Å². The van der Waals surface area contributed by atoms with Crippen LogP contribution >= 0.6 is 0 Å². The van der Waals surface area contributed by atoms with Gasteiger partial charge in [0.1, 0.15) is 0 Å². The molecule has 0 amide bonds. The number of Topliss-reactive ketones (excluding diaryl/α,β-unsaturated/α-hetero) is 2. The van der Waals surface area contributed by atoms with Crippen LogP contribution in [0.1, 0.15) is 37.4 Å². The lowest BCUT2D eigenvalue weighted by atomic mass is 9.68. The number of carbonyl (C=O) groups is 2. The molecule has 1 saturated heterocycles. The van der Waals surface area contributed by atoms with Crippen molar-refractivity contribution in [3.05, 3.63) is 143 Å². The molecule has 1 heterocycles. The van der Waals surface area contributed by atoms with Gasteiger partial charge in [0.2, 0.25) is 0 Å². The molecular weight excluding hydrogens is 454 g/mol. The molecule has 37 heavy (non-hydrogen) atoms. The zero-order chi connectivity index (χ0) is 25.3. The molecule has 2 fully saturated rings. The second kappa shape index (κ2) is 7.62. The van der Waals surface area contributed by atoms with Gasteiger partial charge in [-0.2, -0.15) is 0 Å². The summed E-state index contributed by atoms with van der Waals surface area (Å²) in [6.45, 7) is 0.561. The molecule has 7 rings (SSSR count). The number of likely N-dealkylation sites (N-methyl/N-ethyl adjacent to an activating group) is 1. The molecule has 1 aliphatic heterocycles. The number of ketones is 2. The molecule has 3 aliphatic rings. The van der Waals surface area contributed by atoms with E-state index in [1.807, 2.05) is 90.8 Å². The highest BCUT2D eigenvalue weighted by molar-refractivity contribution is 6.35. The first-order valence-electron chi connectivity index (χ1n) is 12.7. The molecule has 0 N–H and O–H groups in total. The van der Waals surface area contributed by atoms with Gasteiger partial charge in [0.25, 0.3) is 0 Å². The van der Waals surface area contributed by atoms with Gasteiger partial charge in [0, 0.05) is 34.6 Å². The Morgan fingerprint density at radius 1 is 0.676 bits per heavy atom. The van der Waals surface area contributed by atoms with Gasteiger partial charge < -0.3 is 0 Å². The Labute approximate surface area is 216 Å². The number of fused-ring (bicyclic) bond motifs is 3. The molecule has 2 aliphatic carbocycles. The predicted molar refractivity (Wildman–Crippen MR) is 144 cm³/mol. The summed E-state index contributed by atoms with van der Waals surface area (Å²) < 4.78 is 0. The molecule has 1 spiro atoms. The third kappa shape index (κ3) is 2.46. The minimum Gasteiger partial charge on any atom is -0.291 e. The van der Waals surface area contributed by atoms with Crippen LogP contribution in [0.25, 0.3) is 0 Å². The lowest BCUT2D eigenvalue weighted by molar-refractivity contribution is 0.0534. The van der Waals surface area contributed by atoms with E-state index in [1.54, 1.807) is 12.1 Å². The summed E-state index contributed by atoms with van der Waals surface area (Å²) in [7, 11) is 1.94. The maximum Gasteiger partial charge on any atom is 0.192 e. The topological polar surface area (TPSA) is 37.4 Å². The highest BCUT2D eigenvalue weighted by atomic mass is 16.2. The summed E-state index contributed by atoms with van der Waals surface area (Å²) in [5.74, 6) is 6.58. The van der Waals surface area contributed by atoms with Gasteiger partial charge in [-0.05, 0) is 30.3 Å². The quantitative estimate of drug-likeness (QED) is 0.289. The Morgan fingerprint density at radius 3 is 1.73 bits per heavy atom. The first-order chi connectivity index (χ1) is 18.1. The maximum absolute atomic E-state index is 14.5. The van der Waals surface area contributed by atoms with E-state index in [1.165, 1.54) is 0 Å². The minimum absolute atomic E-state index is 0.110. The minimum atomic E-state index is -1.36. The zero-order valence-electron chi connectivity index (χ0n) is 20.5. The van der Waals surface area contributed by atoms with Crippen LogP contribution in [0.2, 0.25) is 0 Å². The van der Waals surface area contributed by atoms with Crippen LogP contribution in [0.3, 0.4) is 0 Å². The highest BCUT2D eigenvalue weighted by Gasteiger charge is 2.93. The first-order valence-corrected chi connectivity index (χ1v) is 12.7. The van der Waals surface area contributed by atoms with Gasteiger partial charge in [-0.3, -0.25) is 14.5 Å². The summed E-state index contributed by atoms with van der Waals surface area (Å²) in [6.07, 6.45) is 0. The van der Waals surface area contributed by atoms with Gasteiger partial charge in [-0.1, -0.05) is 115 Å². The van der Waals surface area contributed by atoms with E-state index in [0.717, 1.165) is 16.7 Å². The van der Waals surface area contributed by atoms with E-state index in [-0.39, 0.29) is 17.5 Å². The van der Waals surface area contributed by atoms with E-state index < -0.39 is 16.4 Å². The van der Waals surface area contributed by atoms with Crippen molar-refractivity contribution in [2.75, 3.05) is 13.6 Å². The average molecular weight is 480 g/mol. The number of carbonyl (C=O) groups excluding carboxylic acids is 2. The standard InChI is InChI=1S/C34H25NO2/c1-35-23-32(25-15-7-3-8-16-25)29(22-21-24-13-5-2-6-14-24)33(32,26-17-9-4-10-18-26)34(35)30(36)27-19-11-12-20-28(27)31(34)37/h2-20,29H,23H2,1H3/t29-,32+,33+/m1/s1. The van der Waals surface area contributed by atoms with Gasteiger partial charge in [0.15, 0.2) is 17.1 Å². The summed E-state index contributed by atoms with van der Waals surface area (Å²) in [5.41, 5.74) is 1.36. The van der Waals surface area contributed by atoms with Crippen LogP contribution in [-0.2, 0) is 10.8 Å². The second-order valence-electron chi connectivity index (χ2n) is 10.4. The second-order valence-corrected chi connectivity index (χ2v) is 10.4. The Bertz CT molecular complexity index is 1580. The van der Waals surface area contributed by atoms with E-state index in [4.69, 9.17) is 0 Å². The van der Waals surface area contributed by atoms with E-state index in [9.17, 15) is 9.59 Å². The fourth-order valence-electron chi connectivity index (χ4n) is 7.62. The van der Waals surface area contributed by atoms with Crippen molar-refractivity contribution in [2.24, 2.45) is 5.92 Å².